The fourth-order valence-corrected chi connectivity index (χ4v) is 4.25. The van der Waals surface area contributed by atoms with Gasteiger partial charge in [-0.05, 0) is 36.1 Å². The van der Waals surface area contributed by atoms with Crippen molar-refractivity contribution in [1.29, 1.82) is 0 Å². The standard InChI is InChI=1S/C18H16ClF3N2O3S/c1-2-24-16(26)23-14(10-5-7-11(19)8-6-10)13(17(24,27)18(20,21)22)15(25)12-4-3-9-28-12/h3-9,13-14,27H,2H2,1H3,(H,23,26)/t13-,14+,17-/m0/s1. The Morgan fingerprint density at radius 1 is 1.32 bits per heavy atom. The molecule has 2 N–H and O–H groups in total. The lowest BCUT2D eigenvalue weighted by Gasteiger charge is -2.50. The highest BCUT2D eigenvalue weighted by atomic mass is 35.5. The van der Waals surface area contributed by atoms with Gasteiger partial charge in [0.15, 0.2) is 5.78 Å². The summed E-state index contributed by atoms with van der Waals surface area (Å²) in [5.74, 6) is -2.92. The van der Waals surface area contributed by atoms with E-state index < -0.39 is 42.2 Å². The molecule has 0 aliphatic carbocycles. The molecule has 1 fully saturated rings. The van der Waals surface area contributed by atoms with Crippen LogP contribution in [-0.2, 0) is 0 Å². The van der Waals surface area contributed by atoms with E-state index in [0.717, 1.165) is 11.3 Å². The number of benzene rings is 1. The lowest BCUT2D eigenvalue weighted by Crippen LogP contribution is -2.73. The first-order valence-electron chi connectivity index (χ1n) is 8.31. The number of nitrogens with one attached hydrogen (secondary N) is 1. The molecule has 28 heavy (non-hydrogen) atoms. The van der Waals surface area contributed by atoms with E-state index in [1.54, 1.807) is 5.38 Å². The summed E-state index contributed by atoms with van der Waals surface area (Å²) in [5, 5.41) is 15.2. The van der Waals surface area contributed by atoms with Gasteiger partial charge >= 0.3 is 12.2 Å². The first-order chi connectivity index (χ1) is 13.1. The monoisotopic (exact) mass is 432 g/mol. The Bertz CT molecular complexity index is 873. The summed E-state index contributed by atoms with van der Waals surface area (Å²) in [7, 11) is 0. The molecule has 0 bridgehead atoms. The normalized spacial score (nSPS) is 25.5. The molecule has 10 heteroatoms. The van der Waals surface area contributed by atoms with Gasteiger partial charge in [0.2, 0.25) is 0 Å². The molecule has 150 valence electrons. The minimum absolute atomic E-state index is 0.0545. The van der Waals surface area contributed by atoms with E-state index in [9.17, 15) is 27.9 Å². The van der Waals surface area contributed by atoms with Gasteiger partial charge in [0.05, 0.1) is 10.9 Å². The van der Waals surface area contributed by atoms with E-state index in [2.05, 4.69) is 5.32 Å². The smallest absolute Gasteiger partial charge is 0.363 e. The van der Waals surface area contributed by atoms with Crippen LogP contribution in [0.4, 0.5) is 18.0 Å². The Labute approximate surface area is 167 Å². The number of hydrogen-bond acceptors (Lipinski definition) is 4. The second-order valence-electron chi connectivity index (χ2n) is 6.27. The van der Waals surface area contributed by atoms with Crippen molar-refractivity contribution in [2.45, 2.75) is 24.9 Å². The van der Waals surface area contributed by atoms with Crippen LogP contribution in [0.3, 0.4) is 0 Å². The maximum Gasteiger partial charge on any atom is 0.437 e. The Hall–Kier alpha value is -2.10. The quantitative estimate of drug-likeness (QED) is 0.710. The SMILES string of the molecule is CCN1C(=O)N[C@H](c2ccc(Cl)cc2)[C@@H](C(=O)c2cccs2)[C@]1(O)C(F)(F)F. The molecular formula is C18H16ClF3N2O3S. The van der Waals surface area contributed by atoms with E-state index >= 15 is 0 Å². The number of rotatable bonds is 4. The number of hydrogen-bond donors (Lipinski definition) is 2. The molecule has 0 saturated carbocycles. The van der Waals surface area contributed by atoms with Crippen molar-refractivity contribution in [1.82, 2.24) is 10.2 Å². The van der Waals surface area contributed by atoms with Crippen molar-refractivity contribution in [3.05, 3.63) is 57.2 Å². The average molecular weight is 433 g/mol. The van der Waals surface area contributed by atoms with Gasteiger partial charge in [-0.15, -0.1) is 11.3 Å². The van der Waals surface area contributed by atoms with Crippen LogP contribution in [0.2, 0.25) is 5.02 Å². The molecule has 5 nitrogen and oxygen atoms in total. The van der Waals surface area contributed by atoms with Gasteiger partial charge in [0, 0.05) is 11.6 Å². The van der Waals surface area contributed by atoms with Gasteiger partial charge in [0.1, 0.15) is 5.92 Å². The van der Waals surface area contributed by atoms with Crippen molar-refractivity contribution in [3.63, 3.8) is 0 Å². The Balaban J connectivity index is 2.21. The number of carbonyl (C=O) groups excluding carboxylic acids is 2. The number of Topliss-reactive ketones (excluding diaryl/α,β-unsaturated/α-hetero) is 1. The molecule has 3 rings (SSSR count). The Morgan fingerprint density at radius 2 is 1.96 bits per heavy atom. The third-order valence-electron chi connectivity index (χ3n) is 4.71. The van der Waals surface area contributed by atoms with Crippen LogP contribution >= 0.6 is 22.9 Å². The highest BCUT2D eigenvalue weighted by molar-refractivity contribution is 7.12. The van der Waals surface area contributed by atoms with E-state index in [0.29, 0.717) is 5.02 Å². The number of halogens is 4. The number of ketones is 1. The number of aliphatic hydroxyl groups is 1. The van der Waals surface area contributed by atoms with E-state index in [4.69, 9.17) is 11.6 Å². The zero-order chi connectivity index (χ0) is 20.7. The minimum atomic E-state index is -5.26. The van der Waals surface area contributed by atoms with E-state index in [1.807, 2.05) is 0 Å². The van der Waals surface area contributed by atoms with Crippen LogP contribution in [0.25, 0.3) is 0 Å². The molecule has 1 aromatic heterocycles. The molecule has 0 spiro atoms. The van der Waals surface area contributed by atoms with Crippen molar-refractivity contribution >= 4 is 34.8 Å². The number of alkyl halides is 3. The molecule has 1 aromatic carbocycles. The topological polar surface area (TPSA) is 69.6 Å². The van der Waals surface area contributed by atoms with Gasteiger partial charge in [-0.3, -0.25) is 9.69 Å². The summed E-state index contributed by atoms with van der Waals surface area (Å²) in [6.45, 7) is 0.856. The number of urea groups is 1. The van der Waals surface area contributed by atoms with Gasteiger partial charge in [-0.25, -0.2) is 4.79 Å². The average Bonchev–Trinajstić information content (AvgIpc) is 3.15. The molecule has 0 radical (unpaired) electrons. The van der Waals surface area contributed by atoms with Crippen LogP contribution < -0.4 is 5.32 Å². The zero-order valence-corrected chi connectivity index (χ0v) is 16.1. The maximum absolute atomic E-state index is 14.1. The summed E-state index contributed by atoms with van der Waals surface area (Å²) in [6.07, 6.45) is -5.26. The molecule has 3 atom stereocenters. The second kappa shape index (κ2) is 7.38. The number of amides is 2. The predicted molar refractivity (Wildman–Crippen MR) is 98.2 cm³/mol. The molecule has 2 aromatic rings. The summed E-state index contributed by atoms with van der Waals surface area (Å²) in [4.78, 5) is 25.8. The minimum Gasteiger partial charge on any atom is -0.363 e. The third-order valence-corrected chi connectivity index (χ3v) is 5.85. The Kier molecular flexibility index (Phi) is 5.44. The number of carbonyl (C=O) groups is 2. The summed E-state index contributed by atoms with van der Waals surface area (Å²) < 4.78 is 42.3. The highest BCUT2D eigenvalue weighted by Crippen LogP contribution is 2.48. The summed E-state index contributed by atoms with van der Waals surface area (Å²) in [5.41, 5.74) is -3.44. The van der Waals surface area contributed by atoms with E-state index in [1.165, 1.54) is 43.3 Å². The summed E-state index contributed by atoms with van der Waals surface area (Å²) >= 11 is 6.81. The second-order valence-corrected chi connectivity index (χ2v) is 7.65. The van der Waals surface area contributed by atoms with Gasteiger partial charge in [0.25, 0.3) is 5.72 Å². The third kappa shape index (κ3) is 3.27. The fourth-order valence-electron chi connectivity index (χ4n) is 3.42. The number of thiophene rings is 1. The summed E-state index contributed by atoms with van der Waals surface area (Å²) in [6, 6.07) is 6.12. The van der Waals surface area contributed by atoms with Crippen LogP contribution in [0, 0.1) is 5.92 Å². The fraction of sp³-hybridized carbons (Fsp3) is 0.333. The van der Waals surface area contributed by atoms with Crippen LogP contribution in [0.1, 0.15) is 28.2 Å². The number of nitrogens with zero attached hydrogens (tertiary/aromatic N) is 1. The van der Waals surface area contributed by atoms with Gasteiger partial charge in [-0.1, -0.05) is 29.8 Å². The highest BCUT2D eigenvalue weighted by Gasteiger charge is 2.69. The molecule has 0 unspecified atom stereocenters. The lowest BCUT2D eigenvalue weighted by molar-refractivity contribution is -0.326. The molecule has 2 amide bonds. The predicted octanol–water partition coefficient (Wildman–Crippen LogP) is 4.24. The van der Waals surface area contributed by atoms with Crippen molar-refractivity contribution in [3.8, 4) is 0 Å². The molecule has 1 aliphatic heterocycles. The first kappa shape index (κ1) is 20.6. The van der Waals surface area contributed by atoms with Crippen LogP contribution in [0.15, 0.2) is 41.8 Å². The zero-order valence-electron chi connectivity index (χ0n) is 14.5. The molecule has 2 heterocycles. The van der Waals surface area contributed by atoms with Crippen molar-refractivity contribution in [2.24, 2.45) is 5.92 Å². The van der Waals surface area contributed by atoms with Crippen molar-refractivity contribution in [2.75, 3.05) is 6.54 Å². The van der Waals surface area contributed by atoms with Gasteiger partial charge < -0.3 is 10.4 Å². The lowest BCUT2D eigenvalue weighted by atomic mass is 9.77. The van der Waals surface area contributed by atoms with E-state index in [-0.39, 0.29) is 15.3 Å². The largest absolute Gasteiger partial charge is 0.437 e. The molecule has 1 aliphatic rings. The van der Waals surface area contributed by atoms with Crippen molar-refractivity contribution < 1.29 is 27.9 Å². The first-order valence-corrected chi connectivity index (χ1v) is 9.57. The Morgan fingerprint density at radius 3 is 2.46 bits per heavy atom. The maximum atomic E-state index is 14.1. The van der Waals surface area contributed by atoms with Crippen LogP contribution in [0.5, 0.6) is 0 Å². The molecular weight excluding hydrogens is 417 g/mol. The van der Waals surface area contributed by atoms with Crippen LogP contribution in [-0.4, -0.2) is 40.3 Å². The van der Waals surface area contributed by atoms with Gasteiger partial charge in [-0.2, -0.15) is 13.2 Å². The molecule has 1 saturated heterocycles.